The summed E-state index contributed by atoms with van der Waals surface area (Å²) >= 11 is 5.94. The molecule has 0 fully saturated rings. The van der Waals surface area contributed by atoms with Crippen LogP contribution >= 0.6 is 11.6 Å². The lowest BCUT2D eigenvalue weighted by molar-refractivity contribution is 0.985. The van der Waals surface area contributed by atoms with Crippen LogP contribution in [0.5, 0.6) is 0 Å². The first-order chi connectivity index (χ1) is 5.07. The zero-order valence-corrected chi connectivity index (χ0v) is 7.99. The van der Waals surface area contributed by atoms with Gasteiger partial charge in [-0.1, -0.05) is 36.5 Å². The third kappa shape index (κ3) is 4.86. The topological polar surface area (TPSA) is 0 Å². The molecule has 0 bridgehead atoms. The highest BCUT2D eigenvalue weighted by Crippen LogP contribution is 2.13. The first-order valence-corrected chi connectivity index (χ1v) is 4.10. The molecule has 0 nitrogen and oxygen atoms in total. The quantitative estimate of drug-likeness (QED) is 0.343. The summed E-state index contributed by atoms with van der Waals surface area (Å²) in [7, 11) is 0. The Morgan fingerprint density at radius 1 is 1.55 bits per heavy atom. The Balaban J connectivity index is 3.87. The predicted molar refractivity (Wildman–Crippen MR) is 53.0 cm³/mol. The van der Waals surface area contributed by atoms with Crippen molar-refractivity contribution in [3.8, 4) is 0 Å². The maximum Gasteiger partial charge on any atom is 0.0574 e. The zero-order chi connectivity index (χ0) is 8.85. The van der Waals surface area contributed by atoms with Crippen molar-refractivity contribution in [1.29, 1.82) is 0 Å². The number of hydrogen-bond donors (Lipinski definition) is 0. The van der Waals surface area contributed by atoms with Crippen molar-refractivity contribution in [3.05, 3.63) is 36.5 Å². The molecule has 0 heterocycles. The van der Waals surface area contributed by atoms with E-state index >= 15 is 0 Å². The number of hydrogen-bond acceptors (Lipinski definition) is 0. The first-order valence-electron chi connectivity index (χ1n) is 3.66. The minimum Gasteiger partial charge on any atom is -0.118 e. The van der Waals surface area contributed by atoms with Crippen LogP contribution in [0.25, 0.3) is 0 Å². The largest absolute Gasteiger partial charge is 0.118 e. The summed E-state index contributed by atoms with van der Waals surface area (Å²) in [6, 6.07) is 0. The average molecular weight is 171 g/mol. The molecule has 0 aromatic rings. The minimum absolute atomic E-state index is 0.0601. The van der Waals surface area contributed by atoms with E-state index < -0.39 is 0 Å². The molecular weight excluding hydrogens is 156 g/mol. The number of halogens is 1. The molecule has 0 aliphatic heterocycles. The molecule has 1 unspecified atom stereocenters. The third-order valence-electron chi connectivity index (χ3n) is 1.50. The number of rotatable bonds is 4. The van der Waals surface area contributed by atoms with Gasteiger partial charge < -0.3 is 0 Å². The van der Waals surface area contributed by atoms with Crippen LogP contribution in [-0.4, -0.2) is 5.38 Å². The smallest absolute Gasteiger partial charge is 0.0574 e. The highest BCUT2D eigenvalue weighted by atomic mass is 35.5. The van der Waals surface area contributed by atoms with Crippen molar-refractivity contribution in [3.63, 3.8) is 0 Å². The normalized spacial score (nSPS) is 14.3. The number of alkyl halides is 1. The van der Waals surface area contributed by atoms with E-state index in [9.17, 15) is 0 Å². The van der Waals surface area contributed by atoms with E-state index in [0.29, 0.717) is 0 Å². The van der Waals surface area contributed by atoms with Crippen molar-refractivity contribution in [2.75, 3.05) is 0 Å². The van der Waals surface area contributed by atoms with Gasteiger partial charge in [-0.2, -0.15) is 0 Å². The Kier molecular flexibility index (Phi) is 4.97. The standard InChI is InChI=1S/C10H15Cl/c1-5-9(4)6-7-10(11)8(2)3/h5-6,10H,1-2,7H2,3-4H3/b9-6+. The highest BCUT2D eigenvalue weighted by molar-refractivity contribution is 6.22. The van der Waals surface area contributed by atoms with E-state index in [2.05, 4.69) is 19.2 Å². The lowest BCUT2D eigenvalue weighted by Crippen LogP contribution is -1.96. The molecule has 0 aromatic heterocycles. The van der Waals surface area contributed by atoms with Crippen molar-refractivity contribution >= 4 is 11.6 Å². The van der Waals surface area contributed by atoms with Crippen LogP contribution < -0.4 is 0 Å². The van der Waals surface area contributed by atoms with Gasteiger partial charge in [-0.3, -0.25) is 0 Å². The molecule has 1 heteroatoms. The second kappa shape index (κ2) is 5.20. The Hall–Kier alpha value is -0.490. The summed E-state index contributed by atoms with van der Waals surface area (Å²) in [5.41, 5.74) is 2.18. The zero-order valence-electron chi connectivity index (χ0n) is 7.23. The fourth-order valence-electron chi connectivity index (χ4n) is 0.574. The van der Waals surface area contributed by atoms with E-state index in [1.54, 1.807) is 0 Å². The van der Waals surface area contributed by atoms with Crippen LogP contribution in [0, 0.1) is 0 Å². The highest BCUT2D eigenvalue weighted by Gasteiger charge is 2.01. The van der Waals surface area contributed by atoms with Crippen LogP contribution in [0.1, 0.15) is 20.3 Å². The molecule has 0 aromatic carbocycles. The average Bonchev–Trinajstić information content (AvgIpc) is 1.99. The monoisotopic (exact) mass is 170 g/mol. The van der Waals surface area contributed by atoms with Crippen LogP contribution in [0.2, 0.25) is 0 Å². The fourth-order valence-corrected chi connectivity index (χ4v) is 0.663. The summed E-state index contributed by atoms with van der Waals surface area (Å²) in [4.78, 5) is 0. The SMILES string of the molecule is C=C/C(C)=C/CC(Cl)C(=C)C. The van der Waals surface area contributed by atoms with E-state index in [0.717, 1.165) is 17.6 Å². The Morgan fingerprint density at radius 2 is 2.09 bits per heavy atom. The van der Waals surface area contributed by atoms with E-state index in [1.807, 2.05) is 19.9 Å². The van der Waals surface area contributed by atoms with Crippen LogP contribution in [0.15, 0.2) is 36.5 Å². The summed E-state index contributed by atoms with van der Waals surface area (Å²) in [6.45, 7) is 11.4. The molecule has 0 aliphatic carbocycles. The molecule has 11 heavy (non-hydrogen) atoms. The van der Waals surface area contributed by atoms with Gasteiger partial charge in [0.25, 0.3) is 0 Å². The molecule has 0 aliphatic rings. The van der Waals surface area contributed by atoms with E-state index in [1.165, 1.54) is 0 Å². The van der Waals surface area contributed by atoms with Crippen LogP contribution in [0.4, 0.5) is 0 Å². The van der Waals surface area contributed by atoms with E-state index in [-0.39, 0.29) is 5.38 Å². The van der Waals surface area contributed by atoms with Gasteiger partial charge in [0.05, 0.1) is 5.38 Å². The van der Waals surface area contributed by atoms with Crippen molar-refractivity contribution in [2.24, 2.45) is 0 Å². The molecule has 0 radical (unpaired) electrons. The van der Waals surface area contributed by atoms with Gasteiger partial charge in [-0.25, -0.2) is 0 Å². The molecule has 1 atom stereocenters. The molecule has 0 N–H and O–H groups in total. The molecule has 0 saturated heterocycles. The van der Waals surface area contributed by atoms with E-state index in [4.69, 9.17) is 11.6 Å². The first kappa shape index (κ1) is 10.5. The molecule has 62 valence electrons. The lowest BCUT2D eigenvalue weighted by Gasteiger charge is -2.04. The molecular formula is C10H15Cl. The third-order valence-corrected chi connectivity index (χ3v) is 2.05. The Bertz CT molecular complexity index is 177. The minimum atomic E-state index is 0.0601. The van der Waals surface area contributed by atoms with Gasteiger partial charge >= 0.3 is 0 Å². The summed E-state index contributed by atoms with van der Waals surface area (Å²) in [6.07, 6.45) is 4.73. The van der Waals surface area contributed by atoms with Gasteiger partial charge in [0, 0.05) is 0 Å². The molecule has 0 amide bonds. The van der Waals surface area contributed by atoms with Gasteiger partial charge in [0.1, 0.15) is 0 Å². The van der Waals surface area contributed by atoms with Crippen molar-refractivity contribution < 1.29 is 0 Å². The van der Waals surface area contributed by atoms with Gasteiger partial charge in [0.15, 0.2) is 0 Å². The Labute approximate surface area is 74.3 Å². The van der Waals surface area contributed by atoms with Gasteiger partial charge in [0.2, 0.25) is 0 Å². The van der Waals surface area contributed by atoms with Crippen molar-refractivity contribution in [2.45, 2.75) is 25.6 Å². The maximum absolute atomic E-state index is 5.94. The summed E-state index contributed by atoms with van der Waals surface area (Å²) < 4.78 is 0. The summed E-state index contributed by atoms with van der Waals surface area (Å²) in [5, 5.41) is 0.0601. The van der Waals surface area contributed by atoms with Gasteiger partial charge in [-0.05, 0) is 20.3 Å². The van der Waals surface area contributed by atoms with Gasteiger partial charge in [-0.15, -0.1) is 11.6 Å². The second-order valence-corrected chi connectivity index (χ2v) is 3.23. The molecule has 0 spiro atoms. The second-order valence-electron chi connectivity index (χ2n) is 2.70. The number of allylic oxidation sites excluding steroid dienone is 4. The molecule has 0 rings (SSSR count). The fraction of sp³-hybridized carbons (Fsp3) is 0.400. The van der Waals surface area contributed by atoms with Crippen LogP contribution in [-0.2, 0) is 0 Å². The predicted octanol–water partition coefficient (Wildman–Crippen LogP) is 3.69. The lowest BCUT2D eigenvalue weighted by atomic mass is 10.1. The van der Waals surface area contributed by atoms with Crippen LogP contribution in [0.3, 0.4) is 0 Å². The molecule has 0 saturated carbocycles. The summed E-state index contributed by atoms with van der Waals surface area (Å²) in [5.74, 6) is 0. The maximum atomic E-state index is 5.94. The Morgan fingerprint density at radius 3 is 2.45 bits per heavy atom. The van der Waals surface area contributed by atoms with Crippen molar-refractivity contribution in [1.82, 2.24) is 0 Å².